The van der Waals surface area contributed by atoms with Crippen molar-refractivity contribution in [2.45, 2.75) is 5.03 Å². The minimum Gasteiger partial charge on any atom is -0.409 e. The van der Waals surface area contributed by atoms with E-state index >= 15 is 0 Å². The van der Waals surface area contributed by atoms with Crippen LogP contribution >= 0.6 is 0 Å². The highest BCUT2D eigenvalue weighted by Gasteiger charge is 2.29. The van der Waals surface area contributed by atoms with Crippen LogP contribution in [-0.2, 0) is 10.0 Å². The van der Waals surface area contributed by atoms with Gasteiger partial charge in [-0.3, -0.25) is 4.90 Å². The van der Waals surface area contributed by atoms with Crippen LogP contribution in [0.2, 0.25) is 0 Å². The average Bonchev–Trinajstić information content (AvgIpc) is 2.94. The van der Waals surface area contributed by atoms with Crippen LogP contribution in [0.1, 0.15) is 0 Å². The molecule has 0 bridgehead atoms. The number of H-pyrrole nitrogens is 1. The van der Waals surface area contributed by atoms with E-state index < -0.39 is 10.0 Å². The van der Waals surface area contributed by atoms with Crippen molar-refractivity contribution in [2.24, 2.45) is 10.9 Å². The van der Waals surface area contributed by atoms with Crippen LogP contribution in [0.4, 0.5) is 0 Å². The molecule has 0 saturated carbocycles. The first-order valence-corrected chi connectivity index (χ1v) is 7.15. The molecule has 1 fully saturated rings. The van der Waals surface area contributed by atoms with E-state index in [0.29, 0.717) is 32.7 Å². The smallest absolute Gasteiger partial charge is 0.260 e. The molecule has 19 heavy (non-hydrogen) atoms. The fourth-order valence-electron chi connectivity index (χ4n) is 1.91. The molecule has 2 heterocycles. The Labute approximate surface area is 110 Å². The summed E-state index contributed by atoms with van der Waals surface area (Å²) in [5.74, 6) is 0.116. The monoisotopic (exact) mass is 288 g/mol. The number of nitrogens with two attached hydrogens (primary N) is 1. The maximum atomic E-state index is 12.2. The number of amidine groups is 1. The van der Waals surface area contributed by atoms with Crippen LogP contribution in [0.3, 0.4) is 0 Å². The van der Waals surface area contributed by atoms with Crippen molar-refractivity contribution < 1.29 is 13.6 Å². The number of piperazine rings is 1. The molecule has 0 aliphatic carbocycles. The van der Waals surface area contributed by atoms with Gasteiger partial charge in [-0.15, -0.1) is 0 Å². The lowest BCUT2D eigenvalue weighted by atomic mass is 10.3. The highest BCUT2D eigenvalue weighted by atomic mass is 32.2. The molecule has 9 nitrogen and oxygen atoms in total. The zero-order valence-corrected chi connectivity index (χ0v) is 11.0. The molecule has 4 N–H and O–H groups in total. The van der Waals surface area contributed by atoms with E-state index in [9.17, 15) is 8.42 Å². The molecule has 1 aliphatic rings. The Bertz CT molecular complexity index is 532. The number of aromatic nitrogens is 2. The minimum absolute atomic E-state index is 0.0948. The summed E-state index contributed by atoms with van der Waals surface area (Å²) in [5, 5.41) is 11.5. The summed E-state index contributed by atoms with van der Waals surface area (Å²) in [5.41, 5.74) is 5.41. The van der Waals surface area contributed by atoms with Crippen LogP contribution in [0.5, 0.6) is 0 Å². The SMILES string of the molecule is NC(CN1CCN(S(=O)(=O)c2cnc[nH]2)CC1)=NO. The van der Waals surface area contributed by atoms with Gasteiger partial charge in [-0.1, -0.05) is 5.16 Å². The van der Waals surface area contributed by atoms with Gasteiger partial charge in [0.2, 0.25) is 0 Å². The normalized spacial score (nSPS) is 19.7. The van der Waals surface area contributed by atoms with Crippen molar-refractivity contribution in [1.29, 1.82) is 0 Å². The second-order valence-electron chi connectivity index (χ2n) is 4.19. The Kier molecular flexibility index (Phi) is 4.02. The number of nitrogens with zero attached hydrogens (tertiary/aromatic N) is 4. The van der Waals surface area contributed by atoms with E-state index in [0.717, 1.165) is 0 Å². The van der Waals surface area contributed by atoms with Gasteiger partial charge in [0.05, 0.1) is 19.1 Å². The summed E-state index contributed by atoms with van der Waals surface area (Å²) in [4.78, 5) is 8.24. The molecule has 2 rings (SSSR count). The third kappa shape index (κ3) is 3.03. The highest BCUT2D eigenvalue weighted by Crippen LogP contribution is 2.14. The molecule has 106 valence electrons. The predicted molar refractivity (Wildman–Crippen MR) is 67.2 cm³/mol. The van der Waals surface area contributed by atoms with E-state index in [1.165, 1.54) is 16.8 Å². The lowest BCUT2D eigenvalue weighted by Crippen LogP contribution is -2.50. The zero-order chi connectivity index (χ0) is 13.9. The van der Waals surface area contributed by atoms with Gasteiger partial charge in [0.25, 0.3) is 10.0 Å². The van der Waals surface area contributed by atoms with Crippen LogP contribution in [-0.4, -0.2) is 71.4 Å². The standard InChI is InChI=1S/C9H16N6O3S/c10-8(13-16)6-14-1-3-15(4-2-14)19(17,18)9-5-11-7-12-9/h5,7,16H,1-4,6H2,(H2,10,13)(H,11,12). The van der Waals surface area contributed by atoms with Crippen LogP contribution in [0.15, 0.2) is 22.7 Å². The summed E-state index contributed by atoms with van der Waals surface area (Å²) in [7, 11) is -3.50. The van der Waals surface area contributed by atoms with Crippen LogP contribution < -0.4 is 5.73 Å². The molecule has 0 unspecified atom stereocenters. The van der Waals surface area contributed by atoms with Crippen LogP contribution in [0, 0.1) is 0 Å². The molecule has 10 heteroatoms. The van der Waals surface area contributed by atoms with Crippen LogP contribution in [0.25, 0.3) is 0 Å². The Morgan fingerprint density at radius 1 is 1.47 bits per heavy atom. The van der Waals surface area contributed by atoms with Gasteiger partial charge >= 0.3 is 0 Å². The van der Waals surface area contributed by atoms with Crippen molar-refractivity contribution in [1.82, 2.24) is 19.2 Å². The maximum absolute atomic E-state index is 12.2. The highest BCUT2D eigenvalue weighted by molar-refractivity contribution is 7.89. The van der Waals surface area contributed by atoms with Gasteiger partial charge in [-0.05, 0) is 0 Å². The number of hydrogen-bond donors (Lipinski definition) is 3. The number of rotatable bonds is 4. The van der Waals surface area contributed by atoms with Gasteiger partial charge in [0.15, 0.2) is 10.9 Å². The first-order valence-electron chi connectivity index (χ1n) is 5.71. The molecule has 0 spiro atoms. The average molecular weight is 288 g/mol. The number of nitrogens with one attached hydrogen (secondary N) is 1. The quantitative estimate of drug-likeness (QED) is 0.267. The summed E-state index contributed by atoms with van der Waals surface area (Å²) in [6.45, 7) is 2.11. The second-order valence-corrected chi connectivity index (χ2v) is 6.09. The number of imidazole rings is 1. The molecule has 0 aromatic carbocycles. The second kappa shape index (κ2) is 5.55. The number of hydrogen-bond acceptors (Lipinski definition) is 6. The van der Waals surface area contributed by atoms with E-state index in [1.807, 2.05) is 4.90 Å². The van der Waals surface area contributed by atoms with E-state index in [2.05, 4.69) is 15.1 Å². The molecular formula is C9H16N6O3S. The predicted octanol–water partition coefficient (Wildman–Crippen LogP) is -1.54. The molecule has 1 saturated heterocycles. The first kappa shape index (κ1) is 13.8. The van der Waals surface area contributed by atoms with Gasteiger partial charge in [-0.2, -0.15) is 4.31 Å². The topological polar surface area (TPSA) is 128 Å². The van der Waals surface area contributed by atoms with Crippen molar-refractivity contribution in [3.05, 3.63) is 12.5 Å². The van der Waals surface area contributed by atoms with Gasteiger partial charge < -0.3 is 15.9 Å². The van der Waals surface area contributed by atoms with Crippen molar-refractivity contribution >= 4 is 15.9 Å². The molecule has 0 atom stereocenters. The fourth-order valence-corrected chi connectivity index (χ4v) is 3.23. The Balaban J connectivity index is 1.97. The molecule has 1 aromatic heterocycles. The van der Waals surface area contributed by atoms with E-state index in [-0.39, 0.29) is 10.9 Å². The summed E-state index contributed by atoms with van der Waals surface area (Å²) >= 11 is 0. The first-order chi connectivity index (χ1) is 9.04. The molecule has 1 aliphatic heterocycles. The Morgan fingerprint density at radius 3 is 2.68 bits per heavy atom. The summed E-state index contributed by atoms with van der Waals surface area (Å²) in [6.07, 6.45) is 2.62. The maximum Gasteiger partial charge on any atom is 0.260 e. The lowest BCUT2D eigenvalue weighted by Gasteiger charge is -2.33. The molecular weight excluding hydrogens is 272 g/mol. The Hall–Kier alpha value is -1.65. The van der Waals surface area contributed by atoms with Crippen molar-refractivity contribution in [3.63, 3.8) is 0 Å². The molecule has 0 radical (unpaired) electrons. The zero-order valence-electron chi connectivity index (χ0n) is 10.2. The number of oxime groups is 1. The lowest BCUT2D eigenvalue weighted by molar-refractivity contribution is 0.206. The largest absolute Gasteiger partial charge is 0.409 e. The number of sulfonamides is 1. The van der Waals surface area contributed by atoms with Crippen molar-refractivity contribution in [3.8, 4) is 0 Å². The van der Waals surface area contributed by atoms with Gasteiger partial charge in [-0.25, -0.2) is 13.4 Å². The summed E-state index contributed by atoms with van der Waals surface area (Å²) < 4.78 is 25.8. The Morgan fingerprint density at radius 2 is 2.16 bits per heavy atom. The van der Waals surface area contributed by atoms with Crippen molar-refractivity contribution in [2.75, 3.05) is 32.7 Å². The molecule has 1 aromatic rings. The minimum atomic E-state index is -3.50. The molecule has 0 amide bonds. The van der Waals surface area contributed by atoms with E-state index in [4.69, 9.17) is 10.9 Å². The van der Waals surface area contributed by atoms with Gasteiger partial charge in [0.1, 0.15) is 0 Å². The number of aromatic amines is 1. The summed E-state index contributed by atoms with van der Waals surface area (Å²) in [6, 6.07) is 0. The third-order valence-electron chi connectivity index (χ3n) is 2.94. The fraction of sp³-hybridized carbons (Fsp3) is 0.556. The van der Waals surface area contributed by atoms with E-state index in [1.54, 1.807) is 0 Å². The van der Waals surface area contributed by atoms with Gasteiger partial charge in [0, 0.05) is 26.2 Å². The third-order valence-corrected chi connectivity index (χ3v) is 4.76.